The first-order valence-corrected chi connectivity index (χ1v) is 12.0. The first kappa shape index (κ1) is 21.9. The van der Waals surface area contributed by atoms with Gasteiger partial charge in [0.15, 0.2) is 17.0 Å². The lowest BCUT2D eigenvalue weighted by molar-refractivity contribution is 0.0270. The molecule has 1 saturated heterocycles. The number of piperidine rings is 1. The number of imidazole rings is 2. The van der Waals surface area contributed by atoms with Gasteiger partial charge in [0.1, 0.15) is 5.60 Å². The van der Waals surface area contributed by atoms with Crippen LogP contribution in [-0.2, 0) is 4.74 Å². The predicted octanol–water partition coefficient (Wildman–Crippen LogP) is 4.25. The van der Waals surface area contributed by atoms with Crippen LogP contribution in [0.15, 0.2) is 30.7 Å². The Morgan fingerprint density at radius 3 is 2.46 bits per heavy atom. The monoisotopic (exact) mass is 474 g/mol. The van der Waals surface area contributed by atoms with Crippen LogP contribution < -0.4 is 4.74 Å². The number of amides is 1. The van der Waals surface area contributed by atoms with Gasteiger partial charge in [-0.15, -0.1) is 0 Å². The molecule has 0 aromatic carbocycles. The molecule has 35 heavy (non-hydrogen) atoms. The molecule has 0 spiro atoms. The van der Waals surface area contributed by atoms with Crippen LogP contribution >= 0.6 is 0 Å². The Bertz CT molecular complexity index is 1470. The summed E-state index contributed by atoms with van der Waals surface area (Å²) in [6.45, 7) is 11.1. The molecule has 2 aliphatic rings. The highest BCUT2D eigenvalue weighted by molar-refractivity contribution is 5.70. The van der Waals surface area contributed by atoms with Crippen molar-refractivity contribution in [3.63, 3.8) is 0 Å². The average molecular weight is 475 g/mol. The molecule has 1 saturated carbocycles. The highest BCUT2D eigenvalue weighted by Gasteiger charge is 2.58. The molecule has 5 heterocycles. The van der Waals surface area contributed by atoms with Crippen LogP contribution in [0.2, 0.25) is 0 Å². The van der Waals surface area contributed by atoms with Gasteiger partial charge in [0.25, 0.3) is 0 Å². The number of aryl methyl sites for hydroxylation is 2. The Labute approximate surface area is 203 Å². The summed E-state index contributed by atoms with van der Waals surface area (Å²) in [5.74, 6) is 1.91. The van der Waals surface area contributed by atoms with Gasteiger partial charge in [-0.3, -0.25) is 0 Å². The number of hydrogen-bond acceptors (Lipinski definition) is 6. The van der Waals surface area contributed by atoms with E-state index in [1.165, 1.54) is 0 Å². The number of pyridine rings is 1. The standard InChI is InChI=1S/C26H30N6O3/c1-14-7-19(29-32-9-15(2)27-23(14)32)16-8-21(34-6)24-28-20(13-30(24)10-16)22-17-11-31(12-18(17)22)25(33)35-26(3,4)5/h7-10,13,17-18,22H,11-12H2,1-6H3/t17-,18+,22?. The van der Waals surface area contributed by atoms with Crippen molar-refractivity contribution >= 4 is 17.4 Å². The summed E-state index contributed by atoms with van der Waals surface area (Å²) < 4.78 is 15.1. The molecule has 4 aromatic rings. The van der Waals surface area contributed by atoms with Crippen molar-refractivity contribution in [3.8, 4) is 17.0 Å². The van der Waals surface area contributed by atoms with Crippen LogP contribution in [0.5, 0.6) is 5.75 Å². The molecule has 0 N–H and O–H groups in total. The van der Waals surface area contributed by atoms with E-state index in [4.69, 9.17) is 19.6 Å². The number of rotatable bonds is 3. The number of carbonyl (C=O) groups is 1. The summed E-state index contributed by atoms with van der Waals surface area (Å²) in [4.78, 5) is 23.7. The molecule has 3 atom stereocenters. The van der Waals surface area contributed by atoms with Gasteiger partial charge >= 0.3 is 6.09 Å². The van der Waals surface area contributed by atoms with E-state index in [-0.39, 0.29) is 6.09 Å². The number of likely N-dealkylation sites (tertiary alicyclic amines) is 1. The number of methoxy groups -OCH3 is 1. The second-order valence-electron chi connectivity index (χ2n) is 10.8. The van der Waals surface area contributed by atoms with Gasteiger partial charge in [-0.1, -0.05) is 0 Å². The molecule has 9 nitrogen and oxygen atoms in total. The second-order valence-corrected chi connectivity index (χ2v) is 10.8. The van der Waals surface area contributed by atoms with Gasteiger partial charge in [0.2, 0.25) is 0 Å². The number of ether oxygens (including phenoxy) is 2. The topological polar surface area (TPSA) is 86.3 Å². The van der Waals surface area contributed by atoms with Crippen molar-refractivity contribution in [3.05, 3.63) is 47.7 Å². The molecule has 6 rings (SSSR count). The molecule has 1 aliphatic heterocycles. The number of aromatic nitrogens is 5. The van der Waals surface area contributed by atoms with Crippen LogP contribution in [0.3, 0.4) is 0 Å². The molecule has 2 fully saturated rings. The summed E-state index contributed by atoms with van der Waals surface area (Å²) >= 11 is 0. The quantitative estimate of drug-likeness (QED) is 0.441. The molecule has 0 bridgehead atoms. The summed E-state index contributed by atoms with van der Waals surface area (Å²) in [5.41, 5.74) is 6.01. The summed E-state index contributed by atoms with van der Waals surface area (Å²) in [6.07, 6.45) is 5.85. The SMILES string of the molecule is COc1cc(-c2cc(C)c3nc(C)cn3n2)cn2cc(C3[C@H]4CN(C(=O)OC(C)(C)C)C[C@@H]34)nc12. The molecule has 182 valence electrons. The van der Waals surface area contributed by atoms with Gasteiger partial charge < -0.3 is 18.8 Å². The minimum Gasteiger partial charge on any atom is -0.493 e. The minimum atomic E-state index is -0.478. The maximum absolute atomic E-state index is 12.4. The van der Waals surface area contributed by atoms with E-state index in [0.717, 1.165) is 39.5 Å². The molecule has 0 radical (unpaired) electrons. The molecule has 9 heteroatoms. The van der Waals surface area contributed by atoms with E-state index in [1.54, 1.807) is 7.11 Å². The summed E-state index contributed by atoms with van der Waals surface area (Å²) in [7, 11) is 1.67. The van der Waals surface area contributed by atoms with Gasteiger partial charge in [0.05, 0.1) is 30.4 Å². The number of carbonyl (C=O) groups excluding carboxylic acids is 1. The molecule has 4 aromatic heterocycles. The van der Waals surface area contributed by atoms with Crippen molar-refractivity contribution in [1.29, 1.82) is 0 Å². The Balaban J connectivity index is 1.28. The van der Waals surface area contributed by atoms with E-state index in [1.807, 2.05) is 60.7 Å². The third-order valence-electron chi connectivity index (χ3n) is 6.97. The third kappa shape index (κ3) is 3.69. The zero-order valence-electron chi connectivity index (χ0n) is 20.9. The number of nitrogens with zero attached hydrogens (tertiary/aromatic N) is 6. The maximum atomic E-state index is 12.4. The maximum Gasteiger partial charge on any atom is 0.410 e. The van der Waals surface area contributed by atoms with Crippen LogP contribution in [0.25, 0.3) is 22.6 Å². The second kappa shape index (κ2) is 7.44. The average Bonchev–Trinajstić information content (AvgIpc) is 3.18. The lowest BCUT2D eigenvalue weighted by Crippen LogP contribution is -2.36. The lowest BCUT2D eigenvalue weighted by Gasteiger charge is -2.25. The van der Waals surface area contributed by atoms with Crippen molar-refractivity contribution < 1.29 is 14.3 Å². The predicted molar refractivity (Wildman–Crippen MR) is 131 cm³/mol. The zero-order chi connectivity index (χ0) is 24.6. The highest BCUT2D eigenvalue weighted by atomic mass is 16.6. The van der Waals surface area contributed by atoms with Gasteiger partial charge in [-0.2, -0.15) is 5.10 Å². The molecule has 1 aliphatic carbocycles. The molecular formula is C26H30N6O3. The first-order valence-electron chi connectivity index (χ1n) is 12.0. The van der Waals surface area contributed by atoms with E-state index in [2.05, 4.69) is 23.4 Å². The van der Waals surface area contributed by atoms with Crippen LogP contribution in [-0.4, -0.2) is 60.8 Å². The van der Waals surface area contributed by atoms with Crippen LogP contribution in [0.1, 0.15) is 43.6 Å². The van der Waals surface area contributed by atoms with Crippen molar-refractivity contribution in [2.24, 2.45) is 11.8 Å². The van der Waals surface area contributed by atoms with Crippen molar-refractivity contribution in [2.75, 3.05) is 20.2 Å². The van der Waals surface area contributed by atoms with E-state index in [9.17, 15) is 4.79 Å². The fourth-order valence-corrected chi connectivity index (χ4v) is 5.36. The molecule has 1 amide bonds. The Morgan fingerprint density at radius 2 is 1.77 bits per heavy atom. The van der Waals surface area contributed by atoms with Gasteiger partial charge in [0, 0.05) is 37.0 Å². The number of hydrogen-bond donors (Lipinski definition) is 0. The van der Waals surface area contributed by atoms with E-state index in [0.29, 0.717) is 36.6 Å². The third-order valence-corrected chi connectivity index (χ3v) is 6.97. The molecular weight excluding hydrogens is 444 g/mol. The largest absolute Gasteiger partial charge is 0.493 e. The normalized spacial score (nSPS) is 21.5. The van der Waals surface area contributed by atoms with Gasteiger partial charge in [-0.05, 0) is 64.2 Å². The number of fused-ring (bicyclic) bond motifs is 3. The fourth-order valence-electron chi connectivity index (χ4n) is 5.36. The summed E-state index contributed by atoms with van der Waals surface area (Å²) in [6, 6.07) is 4.04. The van der Waals surface area contributed by atoms with E-state index >= 15 is 0 Å². The van der Waals surface area contributed by atoms with Crippen molar-refractivity contribution in [2.45, 2.75) is 46.1 Å². The van der Waals surface area contributed by atoms with Crippen molar-refractivity contribution in [1.82, 2.24) is 28.9 Å². The first-order chi connectivity index (χ1) is 16.6. The Hall–Kier alpha value is -3.62. The van der Waals surface area contributed by atoms with Crippen LogP contribution in [0.4, 0.5) is 4.79 Å². The Morgan fingerprint density at radius 1 is 1.03 bits per heavy atom. The summed E-state index contributed by atoms with van der Waals surface area (Å²) in [5, 5.41) is 4.78. The van der Waals surface area contributed by atoms with Crippen LogP contribution in [0, 0.1) is 25.7 Å². The fraction of sp³-hybridized carbons (Fsp3) is 0.462. The lowest BCUT2D eigenvalue weighted by atomic mass is 10.1. The Kier molecular flexibility index (Phi) is 4.65. The smallest absolute Gasteiger partial charge is 0.410 e. The minimum absolute atomic E-state index is 0.224. The molecule has 1 unspecified atom stereocenters. The van der Waals surface area contributed by atoms with E-state index < -0.39 is 5.60 Å². The van der Waals surface area contributed by atoms with Gasteiger partial charge in [-0.25, -0.2) is 19.3 Å². The highest BCUT2D eigenvalue weighted by Crippen LogP contribution is 2.58. The zero-order valence-corrected chi connectivity index (χ0v) is 20.9.